The molecule has 0 aromatic heterocycles. The van der Waals surface area contributed by atoms with Crippen molar-refractivity contribution in [1.29, 1.82) is 0 Å². The van der Waals surface area contributed by atoms with Crippen LogP contribution >= 0.6 is 11.8 Å². The first kappa shape index (κ1) is 19.7. The summed E-state index contributed by atoms with van der Waals surface area (Å²) in [5.74, 6) is 0.642. The lowest BCUT2D eigenvalue weighted by atomic mass is 10.1. The summed E-state index contributed by atoms with van der Waals surface area (Å²) in [5.41, 5.74) is 1.07. The zero-order valence-corrected chi connectivity index (χ0v) is 15.8. The third kappa shape index (κ3) is 5.99. The molecule has 0 unspecified atom stereocenters. The second-order valence-electron chi connectivity index (χ2n) is 6.48. The predicted octanol–water partition coefficient (Wildman–Crippen LogP) is 4.68. The van der Waals surface area contributed by atoms with E-state index in [4.69, 9.17) is 0 Å². The van der Waals surface area contributed by atoms with Crippen LogP contribution in [0.3, 0.4) is 0 Å². The van der Waals surface area contributed by atoms with Gasteiger partial charge in [-0.3, -0.25) is 19.3 Å². The van der Waals surface area contributed by atoms with E-state index in [0.717, 1.165) is 31.4 Å². The summed E-state index contributed by atoms with van der Waals surface area (Å²) in [7, 11) is 0. The fourth-order valence-electron chi connectivity index (χ4n) is 3.09. The van der Waals surface area contributed by atoms with Crippen LogP contribution in [0.5, 0.6) is 0 Å². The number of benzene rings is 1. The van der Waals surface area contributed by atoms with Crippen molar-refractivity contribution in [3.63, 3.8) is 0 Å². The van der Waals surface area contributed by atoms with Crippen LogP contribution in [0.25, 0.3) is 0 Å². The highest BCUT2D eigenvalue weighted by atomic mass is 32.2. The molecule has 1 aliphatic heterocycles. The molecule has 1 heterocycles. The van der Waals surface area contributed by atoms with E-state index in [2.05, 4.69) is 0 Å². The summed E-state index contributed by atoms with van der Waals surface area (Å²) in [6.45, 7) is 2.14. The monoisotopic (exact) mass is 361 g/mol. The normalized spacial score (nSPS) is 13.4. The number of hydrogen-bond donors (Lipinski definition) is 0. The molecule has 0 spiro atoms. The molecule has 25 heavy (non-hydrogen) atoms. The molecule has 2 rings (SSSR count). The van der Waals surface area contributed by atoms with E-state index in [1.165, 1.54) is 42.3 Å². The summed E-state index contributed by atoms with van der Waals surface area (Å²) in [5, 5.41) is 0.207. The molecular weight excluding hydrogens is 334 g/mol. The summed E-state index contributed by atoms with van der Waals surface area (Å²) in [6.07, 6.45) is 9.01. The molecule has 4 nitrogen and oxygen atoms in total. The van der Waals surface area contributed by atoms with Crippen LogP contribution < -0.4 is 0 Å². The highest BCUT2D eigenvalue weighted by Crippen LogP contribution is 2.23. The Labute approximate surface area is 154 Å². The SMILES string of the molecule is CC(=O)SCCCCCCCCCCN1C(=O)c2ccccc2C1=O. The smallest absolute Gasteiger partial charge is 0.261 e. The third-order valence-corrected chi connectivity index (χ3v) is 5.36. The Morgan fingerprint density at radius 3 is 1.84 bits per heavy atom. The molecule has 1 aromatic rings. The van der Waals surface area contributed by atoms with Crippen molar-refractivity contribution in [3.8, 4) is 0 Å². The molecule has 0 atom stereocenters. The van der Waals surface area contributed by atoms with E-state index in [0.29, 0.717) is 17.7 Å². The minimum atomic E-state index is -0.149. The first-order chi connectivity index (χ1) is 12.1. The van der Waals surface area contributed by atoms with Gasteiger partial charge in [0.15, 0.2) is 5.12 Å². The van der Waals surface area contributed by atoms with Gasteiger partial charge in [-0.25, -0.2) is 0 Å². The second kappa shape index (κ2) is 10.4. The number of thioether (sulfide) groups is 1. The highest BCUT2D eigenvalue weighted by molar-refractivity contribution is 8.13. The van der Waals surface area contributed by atoms with Gasteiger partial charge in [0.05, 0.1) is 11.1 Å². The first-order valence-electron chi connectivity index (χ1n) is 9.20. The van der Waals surface area contributed by atoms with Crippen molar-refractivity contribution in [2.75, 3.05) is 12.3 Å². The van der Waals surface area contributed by atoms with E-state index >= 15 is 0 Å². The number of hydrogen-bond acceptors (Lipinski definition) is 4. The maximum Gasteiger partial charge on any atom is 0.261 e. The van der Waals surface area contributed by atoms with Crippen molar-refractivity contribution in [3.05, 3.63) is 35.4 Å². The van der Waals surface area contributed by atoms with E-state index < -0.39 is 0 Å². The zero-order chi connectivity index (χ0) is 18.1. The van der Waals surface area contributed by atoms with E-state index in [1.807, 2.05) is 0 Å². The van der Waals surface area contributed by atoms with Gasteiger partial charge in [0.1, 0.15) is 0 Å². The maximum atomic E-state index is 12.2. The molecule has 0 radical (unpaired) electrons. The standard InChI is InChI=1S/C20H27NO3S/c1-16(22)25-15-11-7-5-3-2-4-6-10-14-21-19(23)17-12-8-9-13-18(17)20(21)24/h8-9,12-13H,2-7,10-11,14-15H2,1H3. The van der Waals surface area contributed by atoms with Gasteiger partial charge in [-0.15, -0.1) is 0 Å². The largest absolute Gasteiger partial charge is 0.288 e. The molecule has 1 aromatic carbocycles. The van der Waals surface area contributed by atoms with Gasteiger partial charge in [0.2, 0.25) is 0 Å². The Kier molecular flexibility index (Phi) is 8.19. The Hall–Kier alpha value is -1.62. The molecule has 0 N–H and O–H groups in total. The number of imide groups is 1. The van der Waals surface area contributed by atoms with Crippen LogP contribution in [-0.2, 0) is 4.79 Å². The highest BCUT2D eigenvalue weighted by Gasteiger charge is 2.34. The number of carbonyl (C=O) groups is 3. The van der Waals surface area contributed by atoms with Crippen LogP contribution in [0.2, 0.25) is 0 Å². The molecule has 0 bridgehead atoms. The van der Waals surface area contributed by atoms with Gasteiger partial charge in [-0.1, -0.05) is 62.4 Å². The van der Waals surface area contributed by atoms with Gasteiger partial charge in [0.25, 0.3) is 11.8 Å². The fraction of sp³-hybridized carbons (Fsp3) is 0.550. The number of nitrogens with zero attached hydrogens (tertiary/aromatic N) is 1. The van der Waals surface area contributed by atoms with Crippen LogP contribution in [0.15, 0.2) is 24.3 Å². The first-order valence-corrected chi connectivity index (χ1v) is 10.2. The Morgan fingerprint density at radius 1 is 0.840 bits per heavy atom. The lowest BCUT2D eigenvalue weighted by Crippen LogP contribution is -2.30. The molecular formula is C20H27NO3S. The molecule has 0 saturated heterocycles. The van der Waals surface area contributed by atoms with Crippen LogP contribution in [-0.4, -0.2) is 34.1 Å². The number of unbranched alkanes of at least 4 members (excludes halogenated alkanes) is 7. The number of rotatable bonds is 11. The zero-order valence-electron chi connectivity index (χ0n) is 15.0. The van der Waals surface area contributed by atoms with Gasteiger partial charge >= 0.3 is 0 Å². The van der Waals surface area contributed by atoms with Crippen LogP contribution in [0, 0.1) is 0 Å². The van der Waals surface area contributed by atoms with Gasteiger partial charge in [-0.2, -0.15) is 0 Å². The van der Waals surface area contributed by atoms with Gasteiger partial charge in [-0.05, 0) is 25.0 Å². The summed E-state index contributed by atoms with van der Waals surface area (Å²) in [6, 6.07) is 7.05. The molecule has 0 fully saturated rings. The van der Waals surface area contributed by atoms with Gasteiger partial charge < -0.3 is 0 Å². The van der Waals surface area contributed by atoms with Crippen LogP contribution in [0.1, 0.15) is 79.0 Å². The van der Waals surface area contributed by atoms with E-state index in [1.54, 1.807) is 31.2 Å². The molecule has 0 aliphatic carbocycles. The second-order valence-corrected chi connectivity index (χ2v) is 7.75. The number of fused-ring (bicyclic) bond motifs is 1. The van der Waals surface area contributed by atoms with Crippen LogP contribution in [0.4, 0.5) is 0 Å². The predicted molar refractivity (Wildman–Crippen MR) is 102 cm³/mol. The lowest BCUT2D eigenvalue weighted by molar-refractivity contribution is -0.109. The molecule has 0 saturated carbocycles. The van der Waals surface area contributed by atoms with E-state index in [-0.39, 0.29) is 16.9 Å². The summed E-state index contributed by atoms with van der Waals surface area (Å²) >= 11 is 1.42. The Bertz CT molecular complexity index is 580. The van der Waals surface area contributed by atoms with Crippen molar-refractivity contribution in [1.82, 2.24) is 4.90 Å². The quantitative estimate of drug-likeness (QED) is 0.424. The Morgan fingerprint density at radius 2 is 1.32 bits per heavy atom. The summed E-state index contributed by atoms with van der Waals surface area (Å²) < 4.78 is 0. The number of amides is 2. The minimum absolute atomic E-state index is 0.149. The van der Waals surface area contributed by atoms with Crippen molar-refractivity contribution in [2.45, 2.75) is 58.3 Å². The van der Waals surface area contributed by atoms with Gasteiger partial charge in [0, 0.05) is 19.2 Å². The topological polar surface area (TPSA) is 54.5 Å². The van der Waals surface area contributed by atoms with Crippen molar-refractivity contribution < 1.29 is 14.4 Å². The third-order valence-electron chi connectivity index (χ3n) is 4.46. The average Bonchev–Trinajstić information content (AvgIpc) is 2.84. The molecule has 2 amide bonds. The molecule has 5 heteroatoms. The molecule has 136 valence electrons. The van der Waals surface area contributed by atoms with Crippen molar-refractivity contribution >= 4 is 28.7 Å². The van der Waals surface area contributed by atoms with E-state index in [9.17, 15) is 14.4 Å². The lowest BCUT2D eigenvalue weighted by Gasteiger charge is -2.13. The Balaban J connectivity index is 1.51. The maximum absolute atomic E-state index is 12.2. The molecule has 1 aliphatic rings. The fourth-order valence-corrected chi connectivity index (χ4v) is 3.73. The minimum Gasteiger partial charge on any atom is -0.288 e. The average molecular weight is 362 g/mol. The summed E-state index contributed by atoms with van der Waals surface area (Å²) in [4.78, 5) is 36.6. The number of carbonyl (C=O) groups excluding carboxylic acids is 3. The van der Waals surface area contributed by atoms with Crippen molar-refractivity contribution in [2.24, 2.45) is 0 Å².